The van der Waals surface area contributed by atoms with Crippen LogP contribution in [0.4, 0.5) is 4.39 Å². The van der Waals surface area contributed by atoms with Crippen LogP contribution >= 0.6 is 23.2 Å². The SMILES string of the molecule is O=C(c1ccc(Cl)cc1Cl)N(Cc1cccn1Cc1cccc(F)c1)C1CCCCC1. The van der Waals surface area contributed by atoms with Crippen LogP contribution in [0.2, 0.25) is 10.0 Å². The predicted octanol–water partition coefficient (Wildman–Crippen LogP) is 6.96. The lowest BCUT2D eigenvalue weighted by Gasteiger charge is -2.35. The molecule has 31 heavy (non-hydrogen) atoms. The molecule has 1 amide bonds. The van der Waals surface area contributed by atoms with Gasteiger partial charge < -0.3 is 9.47 Å². The topological polar surface area (TPSA) is 25.2 Å². The van der Waals surface area contributed by atoms with Crippen molar-refractivity contribution in [3.63, 3.8) is 0 Å². The first-order valence-corrected chi connectivity index (χ1v) is 11.4. The Balaban J connectivity index is 1.61. The second-order valence-electron chi connectivity index (χ2n) is 8.11. The van der Waals surface area contributed by atoms with E-state index in [1.807, 2.05) is 29.3 Å². The summed E-state index contributed by atoms with van der Waals surface area (Å²) in [5.74, 6) is -0.324. The Kier molecular flexibility index (Phi) is 6.99. The van der Waals surface area contributed by atoms with Crippen molar-refractivity contribution in [3.05, 3.63) is 93.5 Å². The minimum Gasteiger partial charge on any atom is -0.345 e. The molecule has 162 valence electrons. The number of hydrogen-bond acceptors (Lipinski definition) is 1. The molecule has 1 aromatic heterocycles. The van der Waals surface area contributed by atoms with Gasteiger partial charge in [-0.1, -0.05) is 54.6 Å². The second kappa shape index (κ2) is 9.88. The van der Waals surface area contributed by atoms with Crippen LogP contribution in [0.5, 0.6) is 0 Å². The fourth-order valence-corrected chi connectivity index (χ4v) is 4.82. The van der Waals surface area contributed by atoms with Crippen molar-refractivity contribution < 1.29 is 9.18 Å². The zero-order chi connectivity index (χ0) is 21.8. The molecule has 3 aromatic rings. The largest absolute Gasteiger partial charge is 0.345 e. The Bertz CT molecular complexity index is 1060. The number of carbonyl (C=O) groups excluding carboxylic acids is 1. The van der Waals surface area contributed by atoms with E-state index < -0.39 is 0 Å². The molecule has 0 aliphatic heterocycles. The van der Waals surface area contributed by atoms with Crippen molar-refractivity contribution in [2.45, 2.75) is 51.2 Å². The summed E-state index contributed by atoms with van der Waals surface area (Å²) in [6, 6.07) is 15.8. The van der Waals surface area contributed by atoms with Gasteiger partial charge in [-0.05, 0) is 60.9 Å². The molecule has 1 aliphatic rings. The predicted molar refractivity (Wildman–Crippen MR) is 123 cm³/mol. The smallest absolute Gasteiger partial charge is 0.255 e. The number of amides is 1. The summed E-state index contributed by atoms with van der Waals surface area (Å²) in [5.41, 5.74) is 2.36. The fourth-order valence-electron chi connectivity index (χ4n) is 4.33. The molecule has 3 nitrogen and oxygen atoms in total. The Morgan fingerprint density at radius 2 is 1.84 bits per heavy atom. The lowest BCUT2D eigenvalue weighted by Crippen LogP contribution is -2.41. The molecule has 2 aromatic carbocycles. The summed E-state index contributed by atoms with van der Waals surface area (Å²) in [6.07, 6.45) is 7.39. The summed E-state index contributed by atoms with van der Waals surface area (Å²) in [6.45, 7) is 1.03. The monoisotopic (exact) mass is 458 g/mol. The highest BCUT2D eigenvalue weighted by Crippen LogP contribution is 2.29. The summed E-state index contributed by atoms with van der Waals surface area (Å²) >= 11 is 12.4. The standard InChI is InChI=1S/C25H25Cl2FN2O/c26-19-11-12-23(24(27)15-19)25(31)30(21-8-2-1-3-9-21)17-22-10-5-13-29(22)16-18-6-4-7-20(28)14-18/h4-7,10-15,21H,1-3,8-9,16-17H2. The quantitative estimate of drug-likeness (QED) is 0.391. The summed E-state index contributed by atoms with van der Waals surface area (Å²) in [7, 11) is 0. The van der Waals surface area contributed by atoms with Crippen molar-refractivity contribution >= 4 is 29.1 Å². The molecule has 1 fully saturated rings. The van der Waals surface area contributed by atoms with Crippen LogP contribution in [0.15, 0.2) is 60.8 Å². The van der Waals surface area contributed by atoms with Crippen LogP contribution in [-0.2, 0) is 13.1 Å². The van der Waals surface area contributed by atoms with Gasteiger partial charge in [0, 0.05) is 29.5 Å². The van der Waals surface area contributed by atoms with Gasteiger partial charge in [0.05, 0.1) is 17.1 Å². The molecule has 4 rings (SSSR count). The summed E-state index contributed by atoms with van der Waals surface area (Å²) < 4.78 is 15.7. The van der Waals surface area contributed by atoms with Crippen molar-refractivity contribution in [1.29, 1.82) is 0 Å². The van der Waals surface area contributed by atoms with Crippen LogP contribution in [-0.4, -0.2) is 21.4 Å². The molecule has 0 radical (unpaired) electrons. The van der Waals surface area contributed by atoms with Gasteiger partial charge in [0.25, 0.3) is 5.91 Å². The molecular weight excluding hydrogens is 434 g/mol. The lowest BCUT2D eigenvalue weighted by atomic mass is 9.93. The van der Waals surface area contributed by atoms with Crippen molar-refractivity contribution in [1.82, 2.24) is 9.47 Å². The van der Waals surface area contributed by atoms with Crippen molar-refractivity contribution in [3.8, 4) is 0 Å². The molecular formula is C25H25Cl2FN2O. The van der Waals surface area contributed by atoms with Gasteiger partial charge in [0.15, 0.2) is 0 Å². The van der Waals surface area contributed by atoms with Crippen LogP contribution in [0.25, 0.3) is 0 Å². The average molecular weight is 459 g/mol. The number of carbonyl (C=O) groups is 1. The van der Waals surface area contributed by atoms with E-state index >= 15 is 0 Å². The maximum atomic E-state index is 13.6. The van der Waals surface area contributed by atoms with Gasteiger partial charge in [0.1, 0.15) is 5.82 Å². The average Bonchev–Trinajstić information content (AvgIpc) is 3.19. The van der Waals surface area contributed by atoms with E-state index in [0.717, 1.165) is 36.9 Å². The van der Waals surface area contributed by atoms with Gasteiger partial charge in [-0.2, -0.15) is 0 Å². The van der Waals surface area contributed by atoms with E-state index in [0.29, 0.717) is 28.7 Å². The highest BCUT2D eigenvalue weighted by molar-refractivity contribution is 6.36. The molecule has 0 spiro atoms. The molecule has 0 N–H and O–H groups in total. The first-order chi connectivity index (χ1) is 15.0. The Labute approximate surface area is 192 Å². The fraction of sp³-hybridized carbons (Fsp3) is 0.320. The lowest BCUT2D eigenvalue weighted by molar-refractivity contribution is 0.0609. The molecule has 1 aliphatic carbocycles. The van der Waals surface area contributed by atoms with Gasteiger partial charge in [-0.3, -0.25) is 4.79 Å². The van der Waals surface area contributed by atoms with E-state index in [9.17, 15) is 9.18 Å². The number of hydrogen-bond donors (Lipinski definition) is 0. The minimum absolute atomic E-state index is 0.0768. The zero-order valence-corrected chi connectivity index (χ0v) is 18.7. The molecule has 0 bridgehead atoms. The molecule has 0 atom stereocenters. The van der Waals surface area contributed by atoms with Crippen LogP contribution in [0.1, 0.15) is 53.7 Å². The van der Waals surface area contributed by atoms with Crippen LogP contribution in [0, 0.1) is 5.82 Å². The van der Waals surface area contributed by atoms with Gasteiger partial charge >= 0.3 is 0 Å². The summed E-state index contributed by atoms with van der Waals surface area (Å²) in [4.78, 5) is 15.5. The van der Waals surface area contributed by atoms with E-state index in [-0.39, 0.29) is 17.8 Å². The Hall–Kier alpha value is -2.30. The van der Waals surface area contributed by atoms with Crippen LogP contribution < -0.4 is 0 Å². The third-order valence-electron chi connectivity index (χ3n) is 5.94. The number of aromatic nitrogens is 1. The number of nitrogens with zero attached hydrogens (tertiary/aromatic N) is 2. The van der Waals surface area contributed by atoms with E-state index in [4.69, 9.17) is 23.2 Å². The van der Waals surface area contributed by atoms with Gasteiger partial charge in [0.2, 0.25) is 0 Å². The number of halogens is 3. The van der Waals surface area contributed by atoms with E-state index in [1.54, 1.807) is 30.3 Å². The molecule has 6 heteroatoms. The van der Waals surface area contributed by atoms with E-state index in [2.05, 4.69) is 4.57 Å². The van der Waals surface area contributed by atoms with Gasteiger partial charge in [-0.15, -0.1) is 0 Å². The second-order valence-corrected chi connectivity index (χ2v) is 8.95. The number of benzene rings is 2. The van der Waals surface area contributed by atoms with Crippen LogP contribution in [0.3, 0.4) is 0 Å². The Morgan fingerprint density at radius 3 is 2.58 bits per heavy atom. The maximum Gasteiger partial charge on any atom is 0.255 e. The Morgan fingerprint density at radius 1 is 1.03 bits per heavy atom. The first-order valence-electron chi connectivity index (χ1n) is 10.7. The summed E-state index contributed by atoms with van der Waals surface area (Å²) in [5, 5.41) is 0.878. The van der Waals surface area contributed by atoms with Crippen molar-refractivity contribution in [2.24, 2.45) is 0 Å². The zero-order valence-electron chi connectivity index (χ0n) is 17.2. The minimum atomic E-state index is -0.248. The highest BCUT2D eigenvalue weighted by atomic mass is 35.5. The highest BCUT2D eigenvalue weighted by Gasteiger charge is 2.28. The maximum absolute atomic E-state index is 13.6. The molecule has 1 heterocycles. The van der Waals surface area contributed by atoms with Gasteiger partial charge in [-0.25, -0.2) is 4.39 Å². The number of rotatable bonds is 6. The first kappa shape index (κ1) is 21.9. The van der Waals surface area contributed by atoms with E-state index in [1.165, 1.54) is 12.5 Å². The molecule has 0 unspecified atom stereocenters. The third kappa shape index (κ3) is 5.31. The molecule has 1 saturated carbocycles. The normalized spacial score (nSPS) is 14.5. The molecule has 0 saturated heterocycles. The third-order valence-corrected chi connectivity index (χ3v) is 6.48. The van der Waals surface area contributed by atoms with Crippen molar-refractivity contribution in [2.75, 3.05) is 0 Å².